The number of hydrogen-bond acceptors (Lipinski definition) is 6. The molecule has 0 aliphatic heterocycles. The second kappa shape index (κ2) is 8.14. The predicted molar refractivity (Wildman–Crippen MR) is 83.4 cm³/mol. The van der Waals surface area contributed by atoms with Gasteiger partial charge in [-0.2, -0.15) is 0 Å². The van der Waals surface area contributed by atoms with Crippen LogP contribution in [-0.4, -0.2) is 41.4 Å². The van der Waals surface area contributed by atoms with E-state index in [4.69, 9.17) is 4.74 Å². The Labute approximate surface area is 126 Å². The van der Waals surface area contributed by atoms with Crippen LogP contribution in [0.2, 0.25) is 0 Å². The number of nitrogens with one attached hydrogen (secondary N) is 2. The van der Waals surface area contributed by atoms with Crippen LogP contribution in [0.1, 0.15) is 38.4 Å². The van der Waals surface area contributed by atoms with Gasteiger partial charge in [-0.15, -0.1) is 0 Å². The number of aliphatic hydroxyl groups excluding tert-OH is 1. The summed E-state index contributed by atoms with van der Waals surface area (Å²) in [6, 6.07) is 1.92. The van der Waals surface area contributed by atoms with Gasteiger partial charge < -0.3 is 20.5 Å². The van der Waals surface area contributed by atoms with Gasteiger partial charge in [-0.05, 0) is 32.1 Å². The number of methoxy groups -OCH3 is 1. The van der Waals surface area contributed by atoms with Crippen molar-refractivity contribution in [1.82, 2.24) is 9.97 Å². The quantitative estimate of drug-likeness (QED) is 0.714. The second-order valence-corrected chi connectivity index (χ2v) is 5.59. The molecular weight excluding hydrogens is 268 g/mol. The van der Waals surface area contributed by atoms with E-state index in [0.717, 1.165) is 44.0 Å². The molecule has 0 amide bonds. The molecule has 1 aromatic heterocycles. The fraction of sp³-hybridized carbons (Fsp3) is 0.733. The Bertz CT molecular complexity index is 417. The van der Waals surface area contributed by atoms with Gasteiger partial charge in [-0.3, -0.25) is 0 Å². The van der Waals surface area contributed by atoms with E-state index in [1.54, 1.807) is 7.11 Å². The average molecular weight is 294 g/mol. The Morgan fingerprint density at radius 1 is 1.29 bits per heavy atom. The van der Waals surface area contributed by atoms with Crippen LogP contribution in [0.3, 0.4) is 0 Å². The van der Waals surface area contributed by atoms with Gasteiger partial charge in [0.05, 0.1) is 6.10 Å². The molecule has 6 nitrogen and oxygen atoms in total. The summed E-state index contributed by atoms with van der Waals surface area (Å²) in [4.78, 5) is 8.85. The third-order valence-electron chi connectivity index (χ3n) is 3.73. The minimum Gasteiger partial charge on any atom is -0.393 e. The van der Waals surface area contributed by atoms with Crippen molar-refractivity contribution in [1.29, 1.82) is 0 Å². The number of hydrogen-bond donors (Lipinski definition) is 3. The van der Waals surface area contributed by atoms with Crippen LogP contribution < -0.4 is 10.6 Å². The molecule has 1 saturated carbocycles. The van der Waals surface area contributed by atoms with Crippen LogP contribution >= 0.6 is 0 Å². The van der Waals surface area contributed by atoms with Gasteiger partial charge in [0.25, 0.3) is 0 Å². The second-order valence-electron chi connectivity index (χ2n) is 5.59. The molecule has 1 heterocycles. The maximum Gasteiger partial charge on any atom is 0.158 e. The van der Waals surface area contributed by atoms with E-state index in [1.165, 1.54) is 6.42 Å². The Kier molecular flexibility index (Phi) is 6.20. The summed E-state index contributed by atoms with van der Waals surface area (Å²) in [7, 11) is 1.64. The molecule has 0 saturated heterocycles. The van der Waals surface area contributed by atoms with Crippen molar-refractivity contribution >= 4 is 11.6 Å². The highest BCUT2D eigenvalue weighted by Gasteiger charge is 2.20. The summed E-state index contributed by atoms with van der Waals surface area (Å²) >= 11 is 0. The van der Waals surface area contributed by atoms with Crippen molar-refractivity contribution in [2.45, 2.75) is 45.3 Å². The standard InChI is InChI=1S/C15H26N4O2/c1-3-16-13-8-14(19-15(18-13)10-21-2)17-9-11-5-4-6-12(20)7-11/h8,11-12,20H,3-7,9-10H2,1-2H3,(H2,16,17,18,19). The zero-order chi connectivity index (χ0) is 15.1. The zero-order valence-corrected chi connectivity index (χ0v) is 12.9. The van der Waals surface area contributed by atoms with Crippen molar-refractivity contribution in [3.63, 3.8) is 0 Å². The highest BCUT2D eigenvalue weighted by atomic mass is 16.5. The SMILES string of the molecule is CCNc1cc(NCC2CCCC(O)C2)nc(COC)n1. The van der Waals surface area contributed by atoms with E-state index in [9.17, 15) is 5.11 Å². The average Bonchev–Trinajstić information content (AvgIpc) is 2.46. The summed E-state index contributed by atoms with van der Waals surface area (Å²) in [5.74, 6) is 2.80. The van der Waals surface area contributed by atoms with Crippen LogP contribution in [0.25, 0.3) is 0 Å². The molecule has 6 heteroatoms. The fourth-order valence-electron chi connectivity index (χ4n) is 2.75. The minimum atomic E-state index is -0.141. The number of rotatable bonds is 7. The van der Waals surface area contributed by atoms with E-state index in [-0.39, 0.29) is 6.10 Å². The van der Waals surface area contributed by atoms with Gasteiger partial charge in [0.2, 0.25) is 0 Å². The highest BCUT2D eigenvalue weighted by Crippen LogP contribution is 2.24. The molecular formula is C15H26N4O2. The zero-order valence-electron chi connectivity index (χ0n) is 12.9. The number of ether oxygens (including phenoxy) is 1. The summed E-state index contributed by atoms with van der Waals surface area (Å²) in [6.07, 6.45) is 3.95. The first-order chi connectivity index (χ1) is 10.2. The molecule has 2 atom stereocenters. The molecule has 118 valence electrons. The maximum absolute atomic E-state index is 9.73. The lowest BCUT2D eigenvalue weighted by Crippen LogP contribution is -2.25. The summed E-state index contributed by atoms with van der Waals surface area (Å²) in [5.41, 5.74) is 0. The Hall–Kier alpha value is -1.40. The summed E-state index contributed by atoms with van der Waals surface area (Å²) in [5, 5.41) is 16.3. The van der Waals surface area contributed by atoms with E-state index in [1.807, 2.05) is 13.0 Å². The normalized spacial score (nSPS) is 22.0. The smallest absolute Gasteiger partial charge is 0.158 e. The third-order valence-corrected chi connectivity index (χ3v) is 3.73. The van der Waals surface area contributed by atoms with Crippen molar-refractivity contribution in [2.24, 2.45) is 5.92 Å². The number of aliphatic hydroxyl groups is 1. The Morgan fingerprint density at radius 2 is 2.05 bits per heavy atom. The van der Waals surface area contributed by atoms with Crippen LogP contribution in [0.5, 0.6) is 0 Å². The molecule has 2 unspecified atom stereocenters. The van der Waals surface area contributed by atoms with E-state index < -0.39 is 0 Å². The summed E-state index contributed by atoms with van der Waals surface area (Å²) in [6.45, 7) is 4.09. The first-order valence-electron chi connectivity index (χ1n) is 7.74. The lowest BCUT2D eigenvalue weighted by Gasteiger charge is -2.26. The first kappa shape index (κ1) is 16.0. The van der Waals surface area contributed by atoms with Gasteiger partial charge in [0, 0.05) is 26.3 Å². The lowest BCUT2D eigenvalue weighted by atomic mass is 9.87. The predicted octanol–water partition coefficient (Wildman–Crippen LogP) is 2.02. The lowest BCUT2D eigenvalue weighted by molar-refractivity contribution is 0.104. The molecule has 3 N–H and O–H groups in total. The van der Waals surface area contributed by atoms with Gasteiger partial charge in [0.1, 0.15) is 18.2 Å². The van der Waals surface area contributed by atoms with Crippen LogP contribution in [0.4, 0.5) is 11.6 Å². The topological polar surface area (TPSA) is 79.3 Å². The Balaban J connectivity index is 1.97. The van der Waals surface area contributed by atoms with Gasteiger partial charge in [-0.25, -0.2) is 9.97 Å². The van der Waals surface area contributed by atoms with E-state index in [2.05, 4.69) is 20.6 Å². The van der Waals surface area contributed by atoms with Crippen molar-refractivity contribution in [3.05, 3.63) is 11.9 Å². The summed E-state index contributed by atoms with van der Waals surface area (Å²) < 4.78 is 5.11. The monoisotopic (exact) mass is 294 g/mol. The molecule has 1 fully saturated rings. The van der Waals surface area contributed by atoms with E-state index in [0.29, 0.717) is 18.3 Å². The van der Waals surface area contributed by atoms with Gasteiger partial charge in [-0.1, -0.05) is 6.42 Å². The molecule has 1 aromatic rings. The van der Waals surface area contributed by atoms with E-state index >= 15 is 0 Å². The molecule has 1 aliphatic rings. The molecule has 2 rings (SSSR count). The molecule has 0 aromatic carbocycles. The minimum absolute atomic E-state index is 0.141. The largest absolute Gasteiger partial charge is 0.393 e. The van der Waals surface area contributed by atoms with Crippen molar-refractivity contribution in [3.8, 4) is 0 Å². The van der Waals surface area contributed by atoms with Gasteiger partial charge in [0.15, 0.2) is 5.82 Å². The third kappa shape index (κ3) is 5.13. The highest BCUT2D eigenvalue weighted by molar-refractivity contribution is 5.47. The fourth-order valence-corrected chi connectivity index (χ4v) is 2.75. The number of aromatic nitrogens is 2. The van der Waals surface area contributed by atoms with Crippen LogP contribution in [0, 0.1) is 5.92 Å². The molecule has 0 bridgehead atoms. The molecule has 1 aliphatic carbocycles. The van der Waals surface area contributed by atoms with Crippen molar-refractivity contribution < 1.29 is 9.84 Å². The maximum atomic E-state index is 9.73. The van der Waals surface area contributed by atoms with Crippen LogP contribution in [-0.2, 0) is 11.3 Å². The molecule has 21 heavy (non-hydrogen) atoms. The van der Waals surface area contributed by atoms with Crippen LogP contribution in [0.15, 0.2) is 6.07 Å². The molecule has 0 radical (unpaired) electrons. The Morgan fingerprint density at radius 3 is 2.71 bits per heavy atom. The molecule has 0 spiro atoms. The number of nitrogens with zero attached hydrogens (tertiary/aromatic N) is 2. The first-order valence-corrected chi connectivity index (χ1v) is 7.74. The number of anilines is 2. The van der Waals surface area contributed by atoms with Crippen molar-refractivity contribution in [2.75, 3.05) is 30.8 Å². The van der Waals surface area contributed by atoms with Gasteiger partial charge >= 0.3 is 0 Å².